The van der Waals surface area contributed by atoms with Crippen LogP contribution in [0.1, 0.15) is 0 Å². The Morgan fingerprint density at radius 1 is 1.28 bits per heavy atom. The smallest absolute Gasteiger partial charge is 0.409 e. The van der Waals surface area contributed by atoms with Crippen molar-refractivity contribution < 1.29 is 14.6 Å². The monoisotopic (exact) mass is 265 g/mol. The van der Waals surface area contributed by atoms with Crippen LogP contribution < -0.4 is 10.1 Å². The van der Waals surface area contributed by atoms with Gasteiger partial charge < -0.3 is 9.84 Å². The molecular formula is C11H8ClN3O3. The first-order valence-corrected chi connectivity index (χ1v) is 5.28. The van der Waals surface area contributed by atoms with Gasteiger partial charge in [-0.15, -0.1) is 0 Å². The molecule has 0 unspecified atom stereocenters. The van der Waals surface area contributed by atoms with E-state index in [1.807, 2.05) is 0 Å². The predicted molar refractivity (Wildman–Crippen MR) is 65.2 cm³/mol. The lowest BCUT2D eigenvalue weighted by Crippen LogP contribution is -2.06. The molecule has 2 rings (SSSR count). The molecule has 0 radical (unpaired) electrons. The minimum atomic E-state index is -1.12. The van der Waals surface area contributed by atoms with Gasteiger partial charge in [0.2, 0.25) is 11.2 Å². The topological polar surface area (TPSA) is 84.3 Å². The highest BCUT2D eigenvalue weighted by molar-refractivity contribution is 6.28. The minimum absolute atomic E-state index is 0.0941. The molecule has 2 aromatic rings. The maximum atomic E-state index is 10.4. The summed E-state index contributed by atoms with van der Waals surface area (Å²) >= 11 is 5.62. The summed E-state index contributed by atoms with van der Waals surface area (Å²) in [7, 11) is 0. The summed E-state index contributed by atoms with van der Waals surface area (Å²) in [5.74, 6) is 0.828. The first kappa shape index (κ1) is 12.1. The zero-order valence-electron chi connectivity index (χ0n) is 9.00. The average Bonchev–Trinajstić information content (AvgIpc) is 2.31. The molecule has 0 aliphatic carbocycles. The molecule has 7 heteroatoms. The van der Waals surface area contributed by atoms with Crippen molar-refractivity contribution in [3.05, 3.63) is 41.8 Å². The van der Waals surface area contributed by atoms with Crippen molar-refractivity contribution in [1.29, 1.82) is 0 Å². The summed E-state index contributed by atoms with van der Waals surface area (Å²) < 4.78 is 5.41. The van der Waals surface area contributed by atoms with Gasteiger partial charge >= 0.3 is 6.09 Å². The van der Waals surface area contributed by atoms with Crippen molar-refractivity contribution in [2.75, 3.05) is 5.32 Å². The third-order valence-corrected chi connectivity index (χ3v) is 2.11. The molecular weight excluding hydrogens is 258 g/mol. The highest BCUT2D eigenvalue weighted by Crippen LogP contribution is 2.21. The molecule has 0 saturated carbocycles. The fraction of sp³-hybridized carbons (Fsp3) is 0. The first-order chi connectivity index (χ1) is 8.63. The molecule has 1 amide bonds. The molecule has 0 fully saturated rings. The quantitative estimate of drug-likeness (QED) is 0.834. The lowest BCUT2D eigenvalue weighted by molar-refractivity contribution is 0.209. The first-order valence-electron chi connectivity index (χ1n) is 4.90. The number of aromatic nitrogens is 2. The number of hydrogen-bond donors (Lipinski definition) is 2. The van der Waals surface area contributed by atoms with Crippen LogP contribution in [0.15, 0.2) is 36.5 Å². The third kappa shape index (κ3) is 3.33. The molecule has 92 valence electrons. The fourth-order valence-corrected chi connectivity index (χ4v) is 1.37. The number of benzene rings is 1. The summed E-state index contributed by atoms with van der Waals surface area (Å²) in [5, 5.41) is 10.8. The van der Waals surface area contributed by atoms with E-state index in [0.29, 0.717) is 17.3 Å². The zero-order valence-corrected chi connectivity index (χ0v) is 9.76. The van der Waals surface area contributed by atoms with E-state index in [-0.39, 0.29) is 5.28 Å². The molecule has 6 nitrogen and oxygen atoms in total. The van der Waals surface area contributed by atoms with Crippen molar-refractivity contribution >= 4 is 23.4 Å². The molecule has 0 bridgehead atoms. The summed E-state index contributed by atoms with van der Waals surface area (Å²) in [5.41, 5.74) is 0.454. The SMILES string of the molecule is O=C(O)Nc1ccc(Oc2ccnc(Cl)n2)cc1. The predicted octanol–water partition coefficient (Wildman–Crippen LogP) is 3.01. The zero-order chi connectivity index (χ0) is 13.0. The number of nitrogens with one attached hydrogen (secondary N) is 1. The summed E-state index contributed by atoms with van der Waals surface area (Å²) in [6, 6.07) is 7.94. The van der Waals surface area contributed by atoms with E-state index in [1.54, 1.807) is 30.3 Å². The van der Waals surface area contributed by atoms with Gasteiger partial charge in [-0.1, -0.05) is 0 Å². The van der Waals surface area contributed by atoms with Gasteiger partial charge in [0.05, 0.1) is 0 Å². The van der Waals surface area contributed by atoms with Gasteiger partial charge in [0, 0.05) is 18.0 Å². The lowest BCUT2D eigenvalue weighted by Gasteiger charge is -2.05. The van der Waals surface area contributed by atoms with Crippen LogP contribution in [0.3, 0.4) is 0 Å². The molecule has 1 heterocycles. The van der Waals surface area contributed by atoms with E-state index in [2.05, 4.69) is 15.3 Å². The van der Waals surface area contributed by atoms with E-state index < -0.39 is 6.09 Å². The van der Waals surface area contributed by atoms with Crippen LogP contribution in [0.5, 0.6) is 11.6 Å². The Hall–Kier alpha value is -2.34. The van der Waals surface area contributed by atoms with Crippen molar-refractivity contribution in [2.24, 2.45) is 0 Å². The average molecular weight is 266 g/mol. The molecule has 18 heavy (non-hydrogen) atoms. The van der Waals surface area contributed by atoms with Crippen LogP contribution in [-0.2, 0) is 0 Å². The number of carbonyl (C=O) groups is 1. The van der Waals surface area contributed by atoms with Crippen LogP contribution >= 0.6 is 11.6 Å². The number of amides is 1. The van der Waals surface area contributed by atoms with Crippen molar-refractivity contribution in [3.63, 3.8) is 0 Å². The number of hydrogen-bond acceptors (Lipinski definition) is 4. The van der Waals surface area contributed by atoms with Crippen LogP contribution in [0.4, 0.5) is 10.5 Å². The Morgan fingerprint density at radius 2 is 2.00 bits per heavy atom. The van der Waals surface area contributed by atoms with Gasteiger partial charge in [-0.05, 0) is 35.9 Å². The second-order valence-electron chi connectivity index (χ2n) is 3.22. The van der Waals surface area contributed by atoms with E-state index in [0.717, 1.165) is 0 Å². The Labute approximate surface area is 107 Å². The molecule has 1 aromatic carbocycles. The highest BCUT2D eigenvalue weighted by Gasteiger charge is 2.01. The van der Waals surface area contributed by atoms with Gasteiger partial charge in [-0.3, -0.25) is 5.32 Å². The van der Waals surface area contributed by atoms with Crippen molar-refractivity contribution in [3.8, 4) is 11.6 Å². The maximum Gasteiger partial charge on any atom is 0.409 e. The third-order valence-electron chi connectivity index (χ3n) is 1.93. The number of anilines is 1. The molecule has 2 N–H and O–H groups in total. The van der Waals surface area contributed by atoms with E-state index in [4.69, 9.17) is 21.4 Å². The van der Waals surface area contributed by atoms with Gasteiger partial charge in [-0.2, -0.15) is 4.98 Å². The Morgan fingerprint density at radius 3 is 2.61 bits per heavy atom. The van der Waals surface area contributed by atoms with Crippen molar-refractivity contribution in [1.82, 2.24) is 9.97 Å². The van der Waals surface area contributed by atoms with Crippen molar-refractivity contribution in [2.45, 2.75) is 0 Å². The molecule has 1 aromatic heterocycles. The Bertz CT molecular complexity index is 560. The van der Waals surface area contributed by atoms with Crippen LogP contribution in [0, 0.1) is 0 Å². The molecule has 0 aliphatic heterocycles. The Kier molecular flexibility index (Phi) is 3.59. The Balaban J connectivity index is 2.08. The van der Waals surface area contributed by atoms with Gasteiger partial charge in [0.25, 0.3) is 0 Å². The van der Waals surface area contributed by atoms with Gasteiger partial charge in [-0.25, -0.2) is 9.78 Å². The number of rotatable bonds is 3. The summed E-state index contributed by atoms with van der Waals surface area (Å²) in [6.07, 6.45) is 0.358. The second kappa shape index (κ2) is 5.33. The number of carboxylic acid groups (broad SMARTS) is 1. The largest absolute Gasteiger partial charge is 0.465 e. The molecule has 0 atom stereocenters. The van der Waals surface area contributed by atoms with Crippen LogP contribution in [0.25, 0.3) is 0 Å². The fourth-order valence-electron chi connectivity index (χ4n) is 1.23. The van der Waals surface area contributed by atoms with E-state index in [1.165, 1.54) is 6.20 Å². The maximum absolute atomic E-state index is 10.4. The molecule has 0 saturated heterocycles. The molecule has 0 spiro atoms. The van der Waals surface area contributed by atoms with Gasteiger partial charge in [0.15, 0.2) is 0 Å². The number of halogens is 1. The van der Waals surface area contributed by atoms with Crippen LogP contribution in [-0.4, -0.2) is 21.2 Å². The normalized spacial score (nSPS) is 9.83. The molecule has 0 aliphatic rings. The van der Waals surface area contributed by atoms with E-state index in [9.17, 15) is 4.79 Å². The second-order valence-corrected chi connectivity index (χ2v) is 3.56. The highest BCUT2D eigenvalue weighted by atomic mass is 35.5. The number of nitrogens with zero attached hydrogens (tertiary/aromatic N) is 2. The van der Waals surface area contributed by atoms with Crippen LogP contribution in [0.2, 0.25) is 5.28 Å². The summed E-state index contributed by atoms with van der Waals surface area (Å²) in [4.78, 5) is 18.0. The number of ether oxygens (including phenoxy) is 1. The lowest BCUT2D eigenvalue weighted by atomic mass is 10.3. The van der Waals surface area contributed by atoms with E-state index >= 15 is 0 Å². The minimum Gasteiger partial charge on any atom is -0.465 e. The summed E-state index contributed by atoms with van der Waals surface area (Å²) in [6.45, 7) is 0. The van der Waals surface area contributed by atoms with Gasteiger partial charge in [0.1, 0.15) is 5.75 Å². The standard InChI is InChI=1S/C11H8ClN3O3/c12-10-13-6-5-9(15-10)18-8-3-1-7(2-4-8)14-11(16)17/h1-6,14H,(H,16,17).